The number of allylic oxidation sites excluding steroid dienone is 5. The molecule has 1 aliphatic carbocycles. The smallest absolute Gasteiger partial charge is 0.120 e. The fraction of sp³-hybridized carbons (Fsp3) is 0.377. The van der Waals surface area contributed by atoms with Crippen molar-refractivity contribution in [2.75, 3.05) is 38.5 Å². The third kappa shape index (κ3) is 12.3. The van der Waals surface area contributed by atoms with Crippen molar-refractivity contribution in [3.63, 3.8) is 0 Å². The molecule has 0 spiro atoms. The van der Waals surface area contributed by atoms with Gasteiger partial charge in [0.15, 0.2) is 0 Å². The summed E-state index contributed by atoms with van der Waals surface area (Å²) in [6.45, 7) is 33.6. The van der Waals surface area contributed by atoms with Crippen molar-refractivity contribution >= 4 is 47.6 Å². The maximum absolute atomic E-state index is 11.0. The number of nitrogens with zero attached hydrogens (tertiary/aromatic N) is 5. The van der Waals surface area contributed by atoms with E-state index in [9.17, 15) is 4.79 Å². The third-order valence-corrected chi connectivity index (χ3v) is 12.3. The van der Waals surface area contributed by atoms with Crippen LogP contribution in [0, 0.1) is 11.8 Å². The zero-order chi connectivity index (χ0) is 43.7. The Morgan fingerprint density at radius 1 is 1.05 bits per heavy atom. The summed E-state index contributed by atoms with van der Waals surface area (Å²) in [7, 11) is 2.01. The summed E-state index contributed by atoms with van der Waals surface area (Å²) in [5.41, 5.74) is 11.4. The number of aliphatic imine (C=N–C) groups is 1. The minimum Gasteiger partial charge on any atom is -0.385 e. The Labute approximate surface area is 367 Å². The summed E-state index contributed by atoms with van der Waals surface area (Å²) in [5.74, 6) is 0.860. The van der Waals surface area contributed by atoms with Crippen LogP contribution < -0.4 is 10.6 Å². The molecule has 0 saturated carbocycles. The summed E-state index contributed by atoms with van der Waals surface area (Å²) in [4.78, 5) is 20.3. The summed E-state index contributed by atoms with van der Waals surface area (Å²) >= 11 is 0. The minimum atomic E-state index is 0.0119. The van der Waals surface area contributed by atoms with Gasteiger partial charge in [-0.15, -0.1) is 6.58 Å². The van der Waals surface area contributed by atoms with E-state index in [1.807, 2.05) is 38.4 Å². The highest BCUT2D eigenvalue weighted by atomic mass is 16.1. The van der Waals surface area contributed by atoms with Crippen LogP contribution in [0.3, 0.4) is 0 Å². The minimum absolute atomic E-state index is 0.0119. The van der Waals surface area contributed by atoms with Gasteiger partial charge in [0.25, 0.3) is 0 Å². The van der Waals surface area contributed by atoms with Crippen LogP contribution in [0.25, 0.3) is 23.2 Å². The summed E-state index contributed by atoms with van der Waals surface area (Å²) in [6.07, 6.45) is 25.8. The molecule has 3 aliphatic rings. The molecule has 8 heteroatoms. The monoisotopic (exact) mass is 820 g/mol. The average molecular weight is 820 g/mol. The molecular formula is C53H69N7O. The molecule has 8 nitrogen and oxygen atoms in total. The lowest BCUT2D eigenvalue weighted by Gasteiger charge is -2.38. The van der Waals surface area contributed by atoms with E-state index in [2.05, 4.69) is 139 Å². The SMILES string of the molecule is C=Cc1cccc(NCCCC(C)CNC(=C)c2ccc(/C(=C/C(=C)N3CCC(C(=C)N4N=CCC4C4=CC=CCC4)CC3)N=CC)cc2)c1C(=C)N(C)C(C=C)CCC=O. The van der Waals surface area contributed by atoms with Crippen molar-refractivity contribution < 1.29 is 4.79 Å². The number of hydrogen-bond acceptors (Lipinski definition) is 8. The second-order valence-corrected chi connectivity index (χ2v) is 16.5. The first kappa shape index (κ1) is 46.2. The molecule has 2 aromatic rings. The van der Waals surface area contributed by atoms with Crippen LogP contribution >= 0.6 is 0 Å². The Morgan fingerprint density at radius 2 is 1.80 bits per heavy atom. The molecule has 0 radical (unpaired) electrons. The first-order chi connectivity index (χ1) is 29.6. The first-order valence-electron chi connectivity index (χ1n) is 22.1. The van der Waals surface area contributed by atoms with Crippen LogP contribution in [0.2, 0.25) is 0 Å². The van der Waals surface area contributed by atoms with Crippen molar-refractivity contribution in [1.82, 2.24) is 20.1 Å². The van der Waals surface area contributed by atoms with E-state index in [1.165, 1.54) is 5.57 Å². The highest BCUT2D eigenvalue weighted by Gasteiger charge is 2.32. The maximum Gasteiger partial charge on any atom is 0.120 e. The van der Waals surface area contributed by atoms with Gasteiger partial charge in [-0.3, -0.25) is 10.0 Å². The molecular weight excluding hydrogens is 751 g/mol. The van der Waals surface area contributed by atoms with Crippen molar-refractivity contribution in [3.05, 3.63) is 152 Å². The second kappa shape index (κ2) is 23.2. The number of carbonyl (C=O) groups excluding carboxylic acids is 1. The van der Waals surface area contributed by atoms with Gasteiger partial charge in [0.1, 0.15) is 6.29 Å². The number of likely N-dealkylation sites (tertiary alicyclic amines) is 1. The van der Waals surface area contributed by atoms with Gasteiger partial charge in [0, 0.05) is 110 Å². The van der Waals surface area contributed by atoms with E-state index in [4.69, 9.17) is 10.1 Å². The lowest BCUT2D eigenvalue weighted by Crippen LogP contribution is -2.37. The number of hydrazone groups is 1. The molecule has 1 fully saturated rings. The van der Waals surface area contributed by atoms with Crippen LogP contribution in [0.5, 0.6) is 0 Å². The predicted octanol–water partition coefficient (Wildman–Crippen LogP) is 11.4. The molecule has 61 heavy (non-hydrogen) atoms. The number of likely N-dealkylation sites (N-methyl/N-ethyl adjacent to an activating group) is 1. The lowest BCUT2D eigenvalue weighted by molar-refractivity contribution is -0.108. The number of nitrogens with one attached hydrogen (secondary N) is 2. The Bertz CT molecular complexity index is 2040. The van der Waals surface area contributed by atoms with Gasteiger partial charge in [-0.25, -0.2) is 0 Å². The Hall–Kier alpha value is -5.89. The zero-order valence-corrected chi connectivity index (χ0v) is 37.1. The number of benzene rings is 2. The van der Waals surface area contributed by atoms with Crippen molar-refractivity contribution in [2.45, 2.75) is 83.7 Å². The highest BCUT2D eigenvalue weighted by Crippen LogP contribution is 2.35. The van der Waals surface area contributed by atoms with Gasteiger partial charge in [-0.05, 0) is 86.6 Å². The van der Waals surface area contributed by atoms with E-state index in [-0.39, 0.29) is 6.04 Å². The maximum atomic E-state index is 11.0. The lowest BCUT2D eigenvalue weighted by atomic mass is 9.91. The number of rotatable bonds is 24. The number of piperidine rings is 1. The van der Waals surface area contributed by atoms with Crippen molar-refractivity contribution in [3.8, 4) is 0 Å². The van der Waals surface area contributed by atoms with Gasteiger partial charge in [-0.2, -0.15) is 5.10 Å². The van der Waals surface area contributed by atoms with Crippen molar-refractivity contribution in [1.29, 1.82) is 0 Å². The molecule has 2 aromatic carbocycles. The molecule has 0 aromatic heterocycles. The number of aldehydes is 1. The van der Waals surface area contributed by atoms with Gasteiger partial charge in [-0.1, -0.05) is 107 Å². The molecule has 5 rings (SSSR count). The Morgan fingerprint density at radius 3 is 2.48 bits per heavy atom. The van der Waals surface area contributed by atoms with Crippen LogP contribution in [0.4, 0.5) is 5.69 Å². The predicted molar refractivity (Wildman–Crippen MR) is 263 cm³/mol. The molecule has 3 unspecified atom stereocenters. The second-order valence-electron chi connectivity index (χ2n) is 16.5. The molecule has 2 N–H and O–H groups in total. The quantitative estimate of drug-likeness (QED) is 0.0361. The largest absolute Gasteiger partial charge is 0.385 e. The normalized spacial score (nSPS) is 17.7. The fourth-order valence-corrected chi connectivity index (χ4v) is 8.48. The highest BCUT2D eigenvalue weighted by molar-refractivity contribution is 5.81. The Balaban J connectivity index is 1.08. The molecule has 2 heterocycles. The third-order valence-electron chi connectivity index (χ3n) is 12.3. The summed E-state index contributed by atoms with van der Waals surface area (Å²) in [5, 5.41) is 14.2. The topological polar surface area (TPSA) is 75.6 Å². The van der Waals surface area contributed by atoms with Gasteiger partial charge in [0.2, 0.25) is 0 Å². The van der Waals surface area contributed by atoms with E-state index >= 15 is 0 Å². The van der Waals surface area contributed by atoms with Crippen LogP contribution in [-0.2, 0) is 4.79 Å². The van der Waals surface area contributed by atoms with E-state index in [1.54, 1.807) is 0 Å². The van der Waals surface area contributed by atoms with E-state index in [0.29, 0.717) is 30.7 Å². The van der Waals surface area contributed by atoms with Crippen LogP contribution in [0.1, 0.15) is 93.9 Å². The fourth-order valence-electron chi connectivity index (χ4n) is 8.48. The number of hydrogen-bond donors (Lipinski definition) is 2. The van der Waals surface area contributed by atoms with Gasteiger partial charge in [0.05, 0.1) is 11.7 Å². The van der Waals surface area contributed by atoms with E-state index < -0.39 is 0 Å². The summed E-state index contributed by atoms with van der Waals surface area (Å²) < 4.78 is 0. The van der Waals surface area contributed by atoms with Crippen molar-refractivity contribution in [2.24, 2.45) is 21.9 Å². The summed E-state index contributed by atoms with van der Waals surface area (Å²) in [6, 6.07) is 15.0. The van der Waals surface area contributed by atoms with Crippen LogP contribution in [0.15, 0.2) is 139 Å². The Kier molecular flexibility index (Phi) is 17.6. The molecule has 0 bridgehead atoms. The number of carbonyl (C=O) groups is 1. The molecule has 0 amide bonds. The molecule has 3 atom stereocenters. The average Bonchev–Trinajstić information content (AvgIpc) is 3.80. The molecule has 1 saturated heterocycles. The first-order valence-corrected chi connectivity index (χ1v) is 22.1. The van der Waals surface area contributed by atoms with Gasteiger partial charge >= 0.3 is 0 Å². The van der Waals surface area contributed by atoms with E-state index in [0.717, 1.165) is 134 Å². The number of anilines is 1. The standard InChI is InChI=1S/C53H69N7O/c1-10-44-22-16-24-50(53(44)43(8)58(9)49(11-2)23-18-36-61)55-32-17-19-39(4)38-56-41(6)45-25-27-47(28-26-45)51(54-12-3)37-40(5)59-34-30-46(31-35-59)42(7)60-52(29-33-57-60)48-20-14-13-15-21-48/h10-14,16,20,22,24-28,33,36-37,39,46,49,52,55-56H,1-2,5-8,15,17-19,21,23,29-32,34-35,38H2,3-4,9H3/b51-37-,54-12?. The molecule has 2 aliphatic heterocycles. The van der Waals surface area contributed by atoms with Gasteiger partial charge < -0.3 is 25.2 Å². The molecule has 322 valence electrons. The zero-order valence-electron chi connectivity index (χ0n) is 37.1. The van der Waals surface area contributed by atoms with Crippen LogP contribution in [-0.4, -0.2) is 78.8 Å².